The van der Waals surface area contributed by atoms with Crippen molar-refractivity contribution in [2.24, 2.45) is 0 Å². The normalized spacial score (nSPS) is 11.1. The van der Waals surface area contributed by atoms with Crippen LogP contribution in [-0.2, 0) is 19.4 Å². The van der Waals surface area contributed by atoms with E-state index < -0.39 is 0 Å². The minimum atomic E-state index is 0.604. The molecule has 4 aromatic rings. The maximum absolute atomic E-state index is 4.69. The van der Waals surface area contributed by atoms with Crippen LogP contribution in [0.25, 0.3) is 22.5 Å². The average Bonchev–Trinajstić information content (AvgIpc) is 3.43. The maximum atomic E-state index is 4.69. The lowest BCUT2D eigenvalue weighted by Gasteiger charge is -2.09. The fourth-order valence-electron chi connectivity index (χ4n) is 3.29. The molecule has 3 aromatic heterocycles. The maximum Gasteiger partial charge on any atom is 0.181 e. The van der Waals surface area contributed by atoms with Gasteiger partial charge in [-0.1, -0.05) is 44.5 Å². The number of rotatable bonds is 8. The van der Waals surface area contributed by atoms with Crippen molar-refractivity contribution in [1.29, 1.82) is 0 Å². The molecule has 0 atom stereocenters. The predicted molar refractivity (Wildman–Crippen MR) is 110 cm³/mol. The van der Waals surface area contributed by atoms with Crippen molar-refractivity contribution in [1.82, 2.24) is 40.4 Å². The minimum absolute atomic E-state index is 0.604. The molecule has 0 saturated heterocycles. The number of aryl methyl sites for hydroxylation is 2. The van der Waals surface area contributed by atoms with Gasteiger partial charge >= 0.3 is 0 Å². The molecule has 0 unspecified atom stereocenters. The highest BCUT2D eigenvalue weighted by Crippen LogP contribution is 2.29. The summed E-state index contributed by atoms with van der Waals surface area (Å²) >= 11 is 0. The van der Waals surface area contributed by atoms with Gasteiger partial charge < -0.3 is 0 Å². The summed E-state index contributed by atoms with van der Waals surface area (Å²) in [5.74, 6) is 2.59. The van der Waals surface area contributed by atoms with Gasteiger partial charge in [0.2, 0.25) is 0 Å². The Morgan fingerprint density at radius 2 is 1.90 bits per heavy atom. The topological polar surface area (TPSA) is 98.1 Å². The van der Waals surface area contributed by atoms with Crippen LogP contribution in [0.5, 0.6) is 0 Å². The number of aromatic nitrogens is 8. The molecule has 0 bridgehead atoms. The number of hydrogen-bond donors (Lipinski definition) is 1. The zero-order chi connectivity index (χ0) is 20.1. The first-order valence-electron chi connectivity index (χ1n) is 9.98. The number of benzene rings is 1. The number of unbranched alkanes of at least 4 members (excludes halogenated alkanes) is 1. The largest absolute Gasteiger partial charge is 0.264 e. The van der Waals surface area contributed by atoms with Crippen molar-refractivity contribution >= 4 is 0 Å². The first-order chi connectivity index (χ1) is 14.3. The van der Waals surface area contributed by atoms with Gasteiger partial charge in [0.25, 0.3) is 0 Å². The molecule has 3 heterocycles. The molecule has 1 N–H and O–H groups in total. The number of hydrogen-bond acceptors (Lipinski definition) is 6. The molecule has 0 fully saturated rings. The van der Waals surface area contributed by atoms with Crippen molar-refractivity contribution in [3.05, 3.63) is 59.9 Å². The molecule has 0 amide bonds. The van der Waals surface area contributed by atoms with Crippen molar-refractivity contribution in [2.45, 2.75) is 46.1 Å². The second kappa shape index (κ2) is 8.72. The van der Waals surface area contributed by atoms with Crippen LogP contribution in [0.1, 0.15) is 43.9 Å². The molecule has 0 saturated carbocycles. The van der Waals surface area contributed by atoms with E-state index in [4.69, 9.17) is 4.98 Å². The van der Waals surface area contributed by atoms with Crippen LogP contribution < -0.4 is 0 Å². The summed E-state index contributed by atoms with van der Waals surface area (Å²) < 4.78 is 2.04. The van der Waals surface area contributed by atoms with Crippen molar-refractivity contribution < 1.29 is 0 Å². The molecular weight excluding hydrogens is 364 g/mol. The second-order valence-corrected chi connectivity index (χ2v) is 6.93. The molecule has 0 aliphatic rings. The highest BCUT2D eigenvalue weighted by molar-refractivity contribution is 5.79. The summed E-state index contributed by atoms with van der Waals surface area (Å²) in [6.07, 6.45) is 7.64. The standard InChI is InChI=1S/C21H24N8/c1-3-5-6-20-23-19(4-2)26-29(20)14-15-7-9-16(10-8-15)17-11-12-22-13-18(17)21-24-27-28-25-21/h7-13H,3-6,14H2,1-2H3,(H,24,25,27,28). The Morgan fingerprint density at radius 3 is 2.62 bits per heavy atom. The summed E-state index contributed by atoms with van der Waals surface area (Å²) in [6, 6.07) is 10.5. The lowest BCUT2D eigenvalue weighted by atomic mass is 10.00. The van der Waals surface area contributed by atoms with Gasteiger partial charge in [-0.3, -0.25) is 4.98 Å². The predicted octanol–water partition coefficient (Wildman–Crippen LogP) is 3.47. The Hall–Kier alpha value is -3.42. The highest BCUT2D eigenvalue weighted by atomic mass is 15.5. The Kier molecular flexibility index (Phi) is 5.69. The lowest BCUT2D eigenvalue weighted by Crippen LogP contribution is -2.07. The third-order valence-electron chi connectivity index (χ3n) is 4.88. The van der Waals surface area contributed by atoms with Crippen LogP contribution in [0.4, 0.5) is 0 Å². The molecule has 0 spiro atoms. The number of tetrazole rings is 1. The van der Waals surface area contributed by atoms with Crippen LogP contribution in [0.15, 0.2) is 42.7 Å². The molecule has 1 aromatic carbocycles. The van der Waals surface area contributed by atoms with Gasteiger partial charge in [0.1, 0.15) is 5.82 Å². The zero-order valence-electron chi connectivity index (χ0n) is 16.7. The smallest absolute Gasteiger partial charge is 0.181 e. The molecule has 8 nitrogen and oxygen atoms in total. The van der Waals surface area contributed by atoms with E-state index >= 15 is 0 Å². The molecule has 0 aliphatic carbocycles. The van der Waals surface area contributed by atoms with E-state index in [1.165, 1.54) is 5.56 Å². The molecule has 0 radical (unpaired) electrons. The van der Waals surface area contributed by atoms with Gasteiger partial charge in [0, 0.05) is 30.8 Å². The summed E-state index contributed by atoms with van der Waals surface area (Å²) in [6.45, 7) is 5.01. The van der Waals surface area contributed by atoms with Crippen LogP contribution in [-0.4, -0.2) is 40.4 Å². The summed E-state index contributed by atoms with van der Waals surface area (Å²) in [7, 11) is 0. The third kappa shape index (κ3) is 4.21. The molecule has 8 heteroatoms. The van der Waals surface area contributed by atoms with Gasteiger partial charge in [-0.2, -0.15) is 5.10 Å². The number of pyridine rings is 1. The monoisotopic (exact) mass is 388 g/mol. The molecular formula is C21H24N8. The number of aromatic amines is 1. The zero-order valence-corrected chi connectivity index (χ0v) is 16.7. The molecule has 148 valence electrons. The van der Waals surface area contributed by atoms with Crippen molar-refractivity contribution in [3.63, 3.8) is 0 Å². The van der Waals surface area contributed by atoms with Gasteiger partial charge in [0.15, 0.2) is 11.6 Å². The lowest BCUT2D eigenvalue weighted by molar-refractivity contribution is 0.614. The van der Waals surface area contributed by atoms with Crippen molar-refractivity contribution in [2.75, 3.05) is 0 Å². The molecule has 29 heavy (non-hydrogen) atoms. The van der Waals surface area contributed by atoms with E-state index in [0.29, 0.717) is 5.82 Å². The average molecular weight is 388 g/mol. The van der Waals surface area contributed by atoms with Crippen LogP contribution in [0.3, 0.4) is 0 Å². The summed E-state index contributed by atoms with van der Waals surface area (Å²) in [4.78, 5) is 8.90. The van der Waals surface area contributed by atoms with E-state index in [9.17, 15) is 0 Å². The van der Waals surface area contributed by atoms with E-state index in [1.807, 2.05) is 10.7 Å². The van der Waals surface area contributed by atoms with E-state index in [2.05, 4.69) is 68.8 Å². The quantitative estimate of drug-likeness (QED) is 0.496. The van der Waals surface area contributed by atoms with Crippen molar-refractivity contribution in [3.8, 4) is 22.5 Å². The van der Waals surface area contributed by atoms with Gasteiger partial charge in [-0.05, 0) is 39.6 Å². The summed E-state index contributed by atoms with van der Waals surface area (Å²) in [5, 5.41) is 18.8. The van der Waals surface area contributed by atoms with Crippen LogP contribution in [0, 0.1) is 0 Å². The molecule has 4 rings (SSSR count). The highest BCUT2D eigenvalue weighted by Gasteiger charge is 2.12. The van der Waals surface area contributed by atoms with E-state index in [-0.39, 0.29) is 0 Å². The Morgan fingerprint density at radius 1 is 1.03 bits per heavy atom. The van der Waals surface area contributed by atoms with E-state index in [0.717, 1.165) is 60.6 Å². The Bertz CT molecular complexity index is 1050. The molecule has 0 aliphatic heterocycles. The summed E-state index contributed by atoms with van der Waals surface area (Å²) in [5.41, 5.74) is 4.18. The Labute approximate surface area is 169 Å². The minimum Gasteiger partial charge on any atom is -0.264 e. The SMILES string of the molecule is CCCCc1nc(CC)nn1Cc1ccc(-c2ccncc2-c2nnn[nH]2)cc1. The fourth-order valence-corrected chi connectivity index (χ4v) is 3.29. The first kappa shape index (κ1) is 18.9. The Balaban J connectivity index is 1.58. The van der Waals surface area contributed by atoms with Crippen LogP contribution in [0.2, 0.25) is 0 Å². The first-order valence-corrected chi connectivity index (χ1v) is 9.98. The van der Waals surface area contributed by atoms with Crippen LogP contribution >= 0.6 is 0 Å². The van der Waals surface area contributed by atoms with Gasteiger partial charge in [0.05, 0.1) is 6.54 Å². The number of H-pyrrole nitrogens is 1. The van der Waals surface area contributed by atoms with E-state index in [1.54, 1.807) is 12.4 Å². The third-order valence-corrected chi connectivity index (χ3v) is 4.88. The van der Waals surface area contributed by atoms with Gasteiger partial charge in [-0.15, -0.1) is 5.10 Å². The number of nitrogens with zero attached hydrogens (tertiary/aromatic N) is 7. The number of nitrogens with one attached hydrogen (secondary N) is 1. The van der Waals surface area contributed by atoms with Gasteiger partial charge in [-0.25, -0.2) is 14.8 Å². The fraction of sp³-hybridized carbons (Fsp3) is 0.333. The second-order valence-electron chi connectivity index (χ2n) is 6.93.